The molecule has 0 aliphatic heterocycles. The monoisotopic (exact) mass is 840 g/mol. The summed E-state index contributed by atoms with van der Waals surface area (Å²) in [6.45, 7) is 6.34. The molecule has 0 aromatic rings. The molecule has 3 unspecified atom stereocenters. The van der Waals surface area contributed by atoms with Gasteiger partial charge in [0.25, 0.3) is 0 Å². The van der Waals surface area contributed by atoms with Gasteiger partial charge in [0.1, 0.15) is 6.10 Å². The van der Waals surface area contributed by atoms with Gasteiger partial charge in [-0.25, -0.2) is 0 Å². The zero-order valence-corrected chi connectivity index (χ0v) is 39.6. The summed E-state index contributed by atoms with van der Waals surface area (Å²) in [5, 5.41) is 23.7. The average molecular weight is 840 g/mol. The van der Waals surface area contributed by atoms with Crippen LogP contribution in [0.5, 0.6) is 0 Å². The Hall–Kier alpha value is -2.44. The number of unbranched alkanes of at least 4 members (excludes halogenated alkanes) is 24. The van der Waals surface area contributed by atoms with Gasteiger partial charge in [-0.1, -0.05) is 216 Å². The third-order valence-electron chi connectivity index (χ3n) is 11.4. The first-order valence-electron chi connectivity index (χ1n) is 25.5. The number of hydrogen-bond donors (Lipinski definition) is 3. The van der Waals surface area contributed by atoms with Gasteiger partial charge in [0, 0.05) is 6.42 Å². The van der Waals surface area contributed by atoms with Gasteiger partial charge < -0.3 is 20.3 Å². The summed E-state index contributed by atoms with van der Waals surface area (Å²) in [5.74, 6) is -0.535. The smallest absolute Gasteiger partial charge is 0.306 e. The molecule has 6 nitrogen and oxygen atoms in total. The summed E-state index contributed by atoms with van der Waals surface area (Å²) in [6, 6.07) is -0.719. The summed E-state index contributed by atoms with van der Waals surface area (Å²) in [6.07, 6.45) is 58.5. The first kappa shape index (κ1) is 57.6. The number of aliphatic hydroxyl groups excluding tert-OH is 2. The number of carbonyl (C=O) groups is 2. The van der Waals surface area contributed by atoms with E-state index in [0.717, 1.165) is 83.5 Å². The maximum absolute atomic E-state index is 13.2. The Labute approximate surface area is 371 Å². The molecular weight excluding hydrogens is 743 g/mol. The van der Waals surface area contributed by atoms with E-state index >= 15 is 0 Å². The fraction of sp³-hybridized carbons (Fsp3) is 0.778. The van der Waals surface area contributed by atoms with Crippen molar-refractivity contribution in [3.63, 3.8) is 0 Å². The van der Waals surface area contributed by atoms with Crippen LogP contribution in [-0.2, 0) is 14.3 Å². The summed E-state index contributed by atoms with van der Waals surface area (Å²) >= 11 is 0. The molecule has 0 heterocycles. The molecule has 60 heavy (non-hydrogen) atoms. The van der Waals surface area contributed by atoms with Gasteiger partial charge in [-0.15, -0.1) is 0 Å². The summed E-state index contributed by atoms with van der Waals surface area (Å²) in [4.78, 5) is 26.1. The summed E-state index contributed by atoms with van der Waals surface area (Å²) in [5.41, 5.74) is 0. The molecule has 0 rings (SSSR count). The number of aliphatic hydroxyl groups is 2. The molecule has 3 atom stereocenters. The molecule has 0 aliphatic rings. The highest BCUT2D eigenvalue weighted by atomic mass is 16.5. The number of nitrogens with one attached hydrogen (secondary N) is 1. The van der Waals surface area contributed by atoms with Crippen LogP contribution in [0.15, 0.2) is 60.8 Å². The van der Waals surface area contributed by atoms with Gasteiger partial charge in [-0.05, 0) is 77.0 Å². The van der Waals surface area contributed by atoms with Crippen LogP contribution in [0.3, 0.4) is 0 Å². The number of ether oxygens (including phenoxy) is 1. The van der Waals surface area contributed by atoms with E-state index in [4.69, 9.17) is 4.74 Å². The quantitative estimate of drug-likeness (QED) is 0.0246. The molecule has 0 saturated carbocycles. The third-order valence-corrected chi connectivity index (χ3v) is 11.4. The van der Waals surface area contributed by atoms with Crippen LogP contribution in [0.1, 0.15) is 245 Å². The molecule has 0 aromatic carbocycles. The largest absolute Gasteiger partial charge is 0.462 e. The zero-order chi connectivity index (χ0) is 43.8. The maximum atomic E-state index is 13.2. The minimum Gasteiger partial charge on any atom is -0.462 e. The van der Waals surface area contributed by atoms with E-state index < -0.39 is 18.2 Å². The SMILES string of the molecule is CC/C=C/C/C=C/C/C=C/CCCCCCCCC(=O)OC(CCC/C=C/C=C/CCCCCCCCC)CC(=O)NC(CO)C(O)CCCCCCCCCCCCC. The Morgan fingerprint density at radius 3 is 1.50 bits per heavy atom. The highest BCUT2D eigenvalue weighted by Crippen LogP contribution is 2.17. The Balaban J connectivity index is 4.67. The molecule has 0 fully saturated rings. The molecule has 0 radical (unpaired) electrons. The molecule has 0 saturated heterocycles. The Morgan fingerprint density at radius 2 is 0.967 bits per heavy atom. The van der Waals surface area contributed by atoms with Crippen molar-refractivity contribution in [3.8, 4) is 0 Å². The van der Waals surface area contributed by atoms with Crippen molar-refractivity contribution >= 4 is 11.9 Å². The van der Waals surface area contributed by atoms with Crippen molar-refractivity contribution in [1.82, 2.24) is 5.32 Å². The Kier molecular flexibility index (Phi) is 45.7. The van der Waals surface area contributed by atoms with E-state index in [1.807, 2.05) is 0 Å². The minimum atomic E-state index is -0.802. The second kappa shape index (κ2) is 47.6. The van der Waals surface area contributed by atoms with Crippen LogP contribution in [0.2, 0.25) is 0 Å². The van der Waals surface area contributed by atoms with Crippen LogP contribution >= 0.6 is 0 Å². The van der Waals surface area contributed by atoms with Crippen molar-refractivity contribution in [2.75, 3.05) is 6.61 Å². The number of carbonyl (C=O) groups excluding carboxylic acids is 2. The molecule has 0 spiro atoms. The molecule has 0 aliphatic carbocycles. The lowest BCUT2D eigenvalue weighted by atomic mass is 10.0. The number of rotatable bonds is 45. The normalized spacial score (nSPS) is 13.8. The first-order valence-corrected chi connectivity index (χ1v) is 25.5. The summed E-state index contributed by atoms with van der Waals surface area (Å²) in [7, 11) is 0. The van der Waals surface area contributed by atoms with Crippen LogP contribution in [0, 0.1) is 0 Å². The first-order chi connectivity index (χ1) is 29.5. The van der Waals surface area contributed by atoms with Gasteiger partial charge in [-0.3, -0.25) is 9.59 Å². The van der Waals surface area contributed by atoms with E-state index in [9.17, 15) is 19.8 Å². The van der Waals surface area contributed by atoms with Gasteiger partial charge in [-0.2, -0.15) is 0 Å². The van der Waals surface area contributed by atoms with Gasteiger partial charge in [0.2, 0.25) is 5.91 Å². The van der Waals surface area contributed by atoms with Gasteiger partial charge in [0.05, 0.1) is 25.2 Å². The second-order valence-corrected chi connectivity index (χ2v) is 17.2. The lowest BCUT2D eigenvalue weighted by Crippen LogP contribution is -2.46. The number of esters is 1. The predicted molar refractivity (Wildman–Crippen MR) is 259 cm³/mol. The predicted octanol–water partition coefficient (Wildman–Crippen LogP) is 15.2. The van der Waals surface area contributed by atoms with E-state index in [1.54, 1.807) is 0 Å². The molecule has 6 heteroatoms. The topological polar surface area (TPSA) is 95.9 Å². The Bertz CT molecular complexity index is 1080. The van der Waals surface area contributed by atoms with Crippen molar-refractivity contribution in [2.45, 2.75) is 264 Å². The van der Waals surface area contributed by atoms with Crippen LogP contribution in [0.25, 0.3) is 0 Å². The number of hydrogen-bond acceptors (Lipinski definition) is 5. The number of allylic oxidation sites excluding steroid dienone is 10. The molecule has 3 N–H and O–H groups in total. The molecule has 0 bridgehead atoms. The average Bonchev–Trinajstić information content (AvgIpc) is 3.24. The zero-order valence-electron chi connectivity index (χ0n) is 39.6. The fourth-order valence-electron chi connectivity index (χ4n) is 7.50. The third kappa shape index (κ3) is 42.3. The van der Waals surface area contributed by atoms with E-state index in [-0.39, 0.29) is 24.9 Å². The molecule has 1 amide bonds. The van der Waals surface area contributed by atoms with Crippen molar-refractivity contribution in [3.05, 3.63) is 60.8 Å². The Morgan fingerprint density at radius 1 is 0.517 bits per heavy atom. The molecule has 0 aromatic heterocycles. The van der Waals surface area contributed by atoms with Gasteiger partial charge in [0.15, 0.2) is 0 Å². The van der Waals surface area contributed by atoms with Crippen LogP contribution < -0.4 is 5.32 Å². The minimum absolute atomic E-state index is 0.0382. The van der Waals surface area contributed by atoms with Crippen molar-refractivity contribution < 1.29 is 24.5 Å². The second-order valence-electron chi connectivity index (χ2n) is 17.2. The highest BCUT2D eigenvalue weighted by Gasteiger charge is 2.24. The van der Waals surface area contributed by atoms with E-state index in [1.165, 1.54) is 116 Å². The van der Waals surface area contributed by atoms with Crippen molar-refractivity contribution in [1.29, 1.82) is 0 Å². The lowest BCUT2D eigenvalue weighted by molar-refractivity contribution is -0.151. The molecular formula is C54H97NO5. The maximum Gasteiger partial charge on any atom is 0.306 e. The fourth-order valence-corrected chi connectivity index (χ4v) is 7.50. The summed E-state index contributed by atoms with van der Waals surface area (Å²) < 4.78 is 5.90. The van der Waals surface area contributed by atoms with Crippen LogP contribution in [0.4, 0.5) is 0 Å². The standard InChI is InChI=1S/C54H97NO5/c1-4-7-10-13-16-19-22-24-26-27-29-32-35-38-41-44-47-54(59)60-50(45-42-39-36-33-31-28-25-23-20-17-14-11-8-5-2)48-53(58)55-51(49-56)52(57)46-43-40-37-34-30-21-18-15-12-9-6-3/h7,10,16,19,24,26,28,31,33,36,50-52,56-57H,4-6,8-9,11-15,17-18,20-23,25,27,29-30,32,34-35,37-49H2,1-3H3,(H,55,58)/b10-7+,19-16+,26-24+,31-28+,36-33+. The van der Waals surface area contributed by atoms with Crippen LogP contribution in [-0.4, -0.2) is 46.9 Å². The van der Waals surface area contributed by atoms with E-state index in [0.29, 0.717) is 19.3 Å². The number of amides is 1. The van der Waals surface area contributed by atoms with E-state index in [2.05, 4.69) is 86.8 Å². The lowest BCUT2D eigenvalue weighted by Gasteiger charge is -2.24. The molecule has 348 valence electrons. The highest BCUT2D eigenvalue weighted by molar-refractivity contribution is 5.77. The van der Waals surface area contributed by atoms with Crippen molar-refractivity contribution in [2.24, 2.45) is 0 Å². The van der Waals surface area contributed by atoms with Gasteiger partial charge >= 0.3 is 5.97 Å².